The van der Waals surface area contributed by atoms with Crippen LogP contribution in [0.2, 0.25) is 5.02 Å². The van der Waals surface area contributed by atoms with E-state index in [1.807, 2.05) is 20.8 Å². The molecule has 0 spiro atoms. The first-order valence-electron chi connectivity index (χ1n) is 5.23. The third kappa shape index (κ3) is 4.44. The highest BCUT2D eigenvalue weighted by Crippen LogP contribution is 2.17. The summed E-state index contributed by atoms with van der Waals surface area (Å²) in [5.41, 5.74) is 12.0. The molecule has 1 rings (SSSR count). The standard InChI is InChI=1S/C12H17ClN4/c1-12(2,3)10(14)17-11(15)16-9-6-4-8(13)5-7-9/h4-7H,1-3H3,(H4,14,15,16,17). The minimum Gasteiger partial charge on any atom is -0.387 e. The lowest BCUT2D eigenvalue weighted by molar-refractivity contribution is 0.585. The molecule has 0 atom stereocenters. The van der Waals surface area contributed by atoms with E-state index < -0.39 is 0 Å². The number of guanidine groups is 1. The minimum atomic E-state index is -0.222. The van der Waals surface area contributed by atoms with Gasteiger partial charge in [-0.25, -0.2) is 9.98 Å². The SMILES string of the molecule is CC(C)(C)C(N)=NC(N)=Nc1ccc(Cl)cc1. The Morgan fingerprint density at radius 1 is 1.12 bits per heavy atom. The summed E-state index contributed by atoms with van der Waals surface area (Å²) < 4.78 is 0. The van der Waals surface area contributed by atoms with Gasteiger partial charge in [-0.3, -0.25) is 0 Å². The summed E-state index contributed by atoms with van der Waals surface area (Å²) in [4.78, 5) is 8.18. The van der Waals surface area contributed by atoms with E-state index in [1.165, 1.54) is 0 Å². The number of nitrogens with two attached hydrogens (primary N) is 2. The van der Waals surface area contributed by atoms with Gasteiger partial charge in [-0.2, -0.15) is 0 Å². The van der Waals surface area contributed by atoms with Gasteiger partial charge in [0.25, 0.3) is 0 Å². The highest BCUT2D eigenvalue weighted by Gasteiger charge is 2.15. The number of rotatable bonds is 1. The average molecular weight is 253 g/mol. The first kappa shape index (κ1) is 13.5. The molecule has 0 radical (unpaired) electrons. The molecule has 0 aliphatic carbocycles. The topological polar surface area (TPSA) is 76.8 Å². The number of benzene rings is 1. The normalized spacial score (nSPS) is 13.9. The van der Waals surface area contributed by atoms with Gasteiger partial charge in [0, 0.05) is 10.4 Å². The lowest BCUT2D eigenvalue weighted by Gasteiger charge is -2.16. The third-order valence-electron chi connectivity index (χ3n) is 2.07. The van der Waals surface area contributed by atoms with Gasteiger partial charge in [0.2, 0.25) is 5.96 Å². The molecule has 0 heterocycles. The molecule has 4 nitrogen and oxygen atoms in total. The smallest absolute Gasteiger partial charge is 0.222 e. The Morgan fingerprint density at radius 3 is 2.12 bits per heavy atom. The summed E-state index contributed by atoms with van der Waals surface area (Å²) in [7, 11) is 0. The fourth-order valence-corrected chi connectivity index (χ4v) is 1.09. The molecule has 0 saturated carbocycles. The number of aliphatic imine (C=N–C) groups is 2. The van der Waals surface area contributed by atoms with Crippen molar-refractivity contribution in [3.8, 4) is 0 Å². The minimum absolute atomic E-state index is 0.139. The van der Waals surface area contributed by atoms with Crippen molar-refractivity contribution in [2.24, 2.45) is 26.9 Å². The molecule has 0 unspecified atom stereocenters. The highest BCUT2D eigenvalue weighted by atomic mass is 35.5. The van der Waals surface area contributed by atoms with Gasteiger partial charge in [-0.05, 0) is 24.3 Å². The summed E-state index contributed by atoms with van der Waals surface area (Å²) in [6, 6.07) is 7.00. The Bertz CT molecular complexity index is 441. The molecule has 1 aromatic rings. The molecule has 0 bridgehead atoms. The second kappa shape index (κ2) is 5.19. The lowest BCUT2D eigenvalue weighted by Crippen LogP contribution is -2.31. The molecular formula is C12H17ClN4. The molecule has 4 N–H and O–H groups in total. The first-order chi connectivity index (χ1) is 7.79. The van der Waals surface area contributed by atoms with Crippen molar-refractivity contribution >= 4 is 29.1 Å². The number of amidine groups is 1. The second-order valence-corrected chi connectivity index (χ2v) is 5.13. The zero-order chi connectivity index (χ0) is 13.1. The predicted octanol–water partition coefficient (Wildman–Crippen LogP) is 2.69. The molecule has 1 aromatic carbocycles. The van der Waals surface area contributed by atoms with Crippen LogP contribution in [-0.2, 0) is 0 Å². The fourth-order valence-electron chi connectivity index (χ4n) is 0.964. The van der Waals surface area contributed by atoms with E-state index in [1.54, 1.807) is 24.3 Å². The van der Waals surface area contributed by atoms with Crippen molar-refractivity contribution in [3.63, 3.8) is 0 Å². The predicted molar refractivity (Wildman–Crippen MR) is 73.8 cm³/mol. The molecule has 17 heavy (non-hydrogen) atoms. The summed E-state index contributed by atoms with van der Waals surface area (Å²) in [5.74, 6) is 0.590. The van der Waals surface area contributed by atoms with E-state index in [2.05, 4.69) is 9.98 Å². The Morgan fingerprint density at radius 2 is 1.65 bits per heavy atom. The zero-order valence-electron chi connectivity index (χ0n) is 10.2. The highest BCUT2D eigenvalue weighted by molar-refractivity contribution is 6.30. The van der Waals surface area contributed by atoms with Crippen molar-refractivity contribution < 1.29 is 0 Å². The van der Waals surface area contributed by atoms with Crippen LogP contribution in [0.25, 0.3) is 0 Å². The van der Waals surface area contributed by atoms with Gasteiger partial charge in [0.1, 0.15) is 5.84 Å². The average Bonchev–Trinajstić information content (AvgIpc) is 2.20. The van der Waals surface area contributed by atoms with Crippen LogP contribution in [0.5, 0.6) is 0 Å². The van der Waals surface area contributed by atoms with Crippen LogP contribution in [-0.4, -0.2) is 11.8 Å². The van der Waals surface area contributed by atoms with Crippen LogP contribution in [0.15, 0.2) is 34.3 Å². The molecule has 0 saturated heterocycles. The van der Waals surface area contributed by atoms with Gasteiger partial charge < -0.3 is 11.5 Å². The molecule has 5 heteroatoms. The maximum Gasteiger partial charge on any atom is 0.222 e. The Hall–Kier alpha value is -1.55. The van der Waals surface area contributed by atoms with Gasteiger partial charge >= 0.3 is 0 Å². The monoisotopic (exact) mass is 252 g/mol. The molecule has 0 aliphatic rings. The quantitative estimate of drug-likeness (QED) is 0.596. The lowest BCUT2D eigenvalue weighted by atomic mass is 9.95. The molecule has 0 fully saturated rings. The van der Waals surface area contributed by atoms with Crippen molar-refractivity contribution in [1.29, 1.82) is 0 Å². The van der Waals surface area contributed by atoms with Crippen LogP contribution in [0.3, 0.4) is 0 Å². The van der Waals surface area contributed by atoms with Gasteiger partial charge in [-0.15, -0.1) is 0 Å². The molecule has 92 valence electrons. The van der Waals surface area contributed by atoms with Crippen LogP contribution < -0.4 is 11.5 Å². The molecule has 0 amide bonds. The summed E-state index contributed by atoms with van der Waals surface area (Å²) in [6.45, 7) is 5.88. The number of hydrogen-bond donors (Lipinski definition) is 2. The molecular weight excluding hydrogens is 236 g/mol. The summed E-state index contributed by atoms with van der Waals surface area (Å²) in [6.07, 6.45) is 0. The Labute approximate surface area is 106 Å². The Balaban J connectivity index is 2.90. The largest absolute Gasteiger partial charge is 0.387 e. The maximum atomic E-state index is 5.80. The van der Waals surface area contributed by atoms with E-state index in [0.29, 0.717) is 16.5 Å². The van der Waals surface area contributed by atoms with E-state index in [0.717, 1.165) is 0 Å². The number of halogens is 1. The van der Waals surface area contributed by atoms with E-state index in [9.17, 15) is 0 Å². The zero-order valence-corrected chi connectivity index (χ0v) is 11.0. The first-order valence-corrected chi connectivity index (χ1v) is 5.61. The van der Waals surface area contributed by atoms with Crippen molar-refractivity contribution in [2.75, 3.05) is 0 Å². The van der Waals surface area contributed by atoms with Crippen LogP contribution in [0, 0.1) is 5.41 Å². The van der Waals surface area contributed by atoms with Crippen LogP contribution in [0.1, 0.15) is 20.8 Å². The maximum absolute atomic E-state index is 5.80. The van der Waals surface area contributed by atoms with Crippen LogP contribution in [0.4, 0.5) is 5.69 Å². The molecule has 0 aromatic heterocycles. The summed E-state index contributed by atoms with van der Waals surface area (Å²) in [5, 5.41) is 0.653. The Kier molecular flexibility index (Phi) is 4.12. The van der Waals surface area contributed by atoms with Crippen LogP contribution >= 0.6 is 11.6 Å². The second-order valence-electron chi connectivity index (χ2n) is 4.69. The van der Waals surface area contributed by atoms with Gasteiger partial charge in [0.15, 0.2) is 0 Å². The van der Waals surface area contributed by atoms with Gasteiger partial charge in [-0.1, -0.05) is 32.4 Å². The van der Waals surface area contributed by atoms with Crippen molar-refractivity contribution in [3.05, 3.63) is 29.3 Å². The van der Waals surface area contributed by atoms with E-state index >= 15 is 0 Å². The van der Waals surface area contributed by atoms with E-state index in [-0.39, 0.29) is 11.4 Å². The molecule has 0 aliphatic heterocycles. The van der Waals surface area contributed by atoms with E-state index in [4.69, 9.17) is 23.1 Å². The van der Waals surface area contributed by atoms with Crippen molar-refractivity contribution in [2.45, 2.75) is 20.8 Å². The fraction of sp³-hybridized carbons (Fsp3) is 0.333. The number of nitrogens with zero attached hydrogens (tertiary/aromatic N) is 2. The summed E-state index contributed by atoms with van der Waals surface area (Å²) >= 11 is 5.77. The third-order valence-corrected chi connectivity index (χ3v) is 2.33. The van der Waals surface area contributed by atoms with Crippen molar-refractivity contribution in [1.82, 2.24) is 0 Å². The number of hydrogen-bond acceptors (Lipinski definition) is 1. The van der Waals surface area contributed by atoms with Gasteiger partial charge in [0.05, 0.1) is 5.69 Å².